The average Bonchev–Trinajstić information content (AvgIpc) is 2.30. The monoisotopic (exact) mass is 251 g/mol. The molecule has 0 unspecified atom stereocenters. The van der Waals surface area contributed by atoms with Gasteiger partial charge in [0.15, 0.2) is 0 Å². The van der Waals surface area contributed by atoms with Crippen molar-refractivity contribution >= 4 is 11.5 Å². The predicted molar refractivity (Wildman–Crippen MR) is 71.8 cm³/mol. The molecule has 1 aromatic rings. The first kappa shape index (κ1) is 13.0. The van der Waals surface area contributed by atoms with Gasteiger partial charge in [0, 0.05) is 13.6 Å². The Bertz CT molecular complexity index is 405. The lowest BCUT2D eigenvalue weighted by atomic mass is 9.82. The second-order valence-electron chi connectivity index (χ2n) is 4.87. The second-order valence-corrected chi connectivity index (χ2v) is 4.87. The van der Waals surface area contributed by atoms with Crippen LogP contribution in [0, 0.1) is 5.92 Å². The van der Waals surface area contributed by atoms with Crippen LogP contribution in [0.25, 0.3) is 0 Å². The lowest BCUT2D eigenvalue weighted by Gasteiger charge is -2.34. The van der Waals surface area contributed by atoms with Gasteiger partial charge in [-0.05, 0) is 37.8 Å². The van der Waals surface area contributed by atoms with Gasteiger partial charge in [-0.15, -0.1) is 0 Å². The molecule has 1 aliphatic carbocycles. The van der Waals surface area contributed by atoms with Crippen LogP contribution in [-0.2, 0) is 0 Å². The highest BCUT2D eigenvalue weighted by molar-refractivity contribution is 5.54. The summed E-state index contributed by atoms with van der Waals surface area (Å²) in [6.45, 7) is 3.37. The fourth-order valence-electron chi connectivity index (χ4n) is 2.24. The minimum atomic E-state index is -0.109. The summed E-state index contributed by atoms with van der Waals surface area (Å²) in [7, 11) is 2.00. The summed E-state index contributed by atoms with van der Waals surface area (Å²) in [6.07, 6.45) is 1.66. The highest BCUT2D eigenvalue weighted by Crippen LogP contribution is 2.29. The Hall–Kier alpha value is -1.49. The number of nitrogens with zero attached hydrogens (tertiary/aromatic N) is 2. The fourth-order valence-corrected chi connectivity index (χ4v) is 2.24. The van der Waals surface area contributed by atoms with Gasteiger partial charge in [-0.3, -0.25) is 0 Å². The second kappa shape index (κ2) is 5.44. The van der Waals surface area contributed by atoms with Crippen molar-refractivity contribution in [3.8, 4) is 5.88 Å². The number of nitrogens with two attached hydrogens (primary N) is 1. The van der Waals surface area contributed by atoms with E-state index in [0.717, 1.165) is 25.2 Å². The van der Waals surface area contributed by atoms with E-state index in [9.17, 15) is 5.11 Å². The molecule has 0 bridgehead atoms. The van der Waals surface area contributed by atoms with E-state index in [1.165, 1.54) is 0 Å². The van der Waals surface area contributed by atoms with E-state index in [4.69, 9.17) is 10.5 Å². The summed E-state index contributed by atoms with van der Waals surface area (Å²) in [4.78, 5) is 6.49. The summed E-state index contributed by atoms with van der Waals surface area (Å²) in [5.74, 6) is 1.91. The zero-order valence-corrected chi connectivity index (χ0v) is 11.0. The van der Waals surface area contributed by atoms with E-state index in [1.54, 1.807) is 0 Å². The molecule has 1 aromatic heterocycles. The Kier molecular flexibility index (Phi) is 3.91. The zero-order chi connectivity index (χ0) is 13.1. The topological polar surface area (TPSA) is 71.6 Å². The fraction of sp³-hybridized carbons (Fsp3) is 0.615. The highest BCUT2D eigenvalue weighted by Gasteiger charge is 2.28. The molecule has 0 spiro atoms. The number of aromatic nitrogens is 1. The Labute approximate surface area is 108 Å². The number of rotatable bonds is 5. The maximum absolute atomic E-state index is 9.28. The number of aliphatic hydroxyl groups excluding tert-OH is 1. The van der Waals surface area contributed by atoms with Crippen LogP contribution in [-0.4, -0.2) is 36.4 Å². The summed E-state index contributed by atoms with van der Waals surface area (Å²) >= 11 is 0. The summed E-state index contributed by atoms with van der Waals surface area (Å²) in [6, 6.07) is 3.71. The van der Waals surface area contributed by atoms with E-state index in [2.05, 4.69) is 9.88 Å². The molecule has 0 amide bonds. The van der Waals surface area contributed by atoms with Gasteiger partial charge in [-0.1, -0.05) is 0 Å². The van der Waals surface area contributed by atoms with Crippen LogP contribution in [0.1, 0.15) is 19.8 Å². The molecule has 1 aliphatic rings. The molecule has 0 saturated heterocycles. The first-order valence-corrected chi connectivity index (χ1v) is 6.38. The molecule has 18 heavy (non-hydrogen) atoms. The van der Waals surface area contributed by atoms with Gasteiger partial charge in [0.2, 0.25) is 5.88 Å². The van der Waals surface area contributed by atoms with Crippen molar-refractivity contribution in [3.05, 3.63) is 12.1 Å². The van der Waals surface area contributed by atoms with Crippen molar-refractivity contribution in [1.29, 1.82) is 0 Å². The third-order valence-corrected chi connectivity index (χ3v) is 3.29. The van der Waals surface area contributed by atoms with Gasteiger partial charge in [0.25, 0.3) is 0 Å². The number of pyridine rings is 1. The lowest BCUT2D eigenvalue weighted by molar-refractivity contribution is 0.0464. The lowest BCUT2D eigenvalue weighted by Crippen LogP contribution is -2.37. The van der Waals surface area contributed by atoms with Gasteiger partial charge in [-0.2, -0.15) is 4.98 Å². The third kappa shape index (κ3) is 2.85. The van der Waals surface area contributed by atoms with Crippen LogP contribution in [0.4, 0.5) is 11.5 Å². The molecule has 100 valence electrons. The summed E-state index contributed by atoms with van der Waals surface area (Å²) in [5, 5.41) is 9.28. The van der Waals surface area contributed by atoms with E-state index < -0.39 is 0 Å². The molecule has 0 atom stereocenters. The number of nitrogen functional groups attached to an aromatic ring is 1. The maximum Gasteiger partial charge on any atom is 0.239 e. The number of hydrogen-bond donors (Lipinski definition) is 2. The summed E-state index contributed by atoms with van der Waals surface area (Å²) < 4.78 is 5.39. The molecule has 0 aliphatic heterocycles. The van der Waals surface area contributed by atoms with Crippen LogP contribution >= 0.6 is 0 Å². The van der Waals surface area contributed by atoms with E-state index in [1.807, 2.05) is 26.1 Å². The predicted octanol–water partition coefficient (Wildman–Crippen LogP) is 1.27. The molecule has 5 nitrogen and oxygen atoms in total. The van der Waals surface area contributed by atoms with Crippen molar-refractivity contribution < 1.29 is 9.84 Å². The SMILES string of the molecule is CCOc1nc(N(C)CC2CC(O)C2)ccc1N. The molecule has 5 heteroatoms. The Morgan fingerprint density at radius 2 is 2.22 bits per heavy atom. The normalized spacial score (nSPS) is 22.4. The number of anilines is 2. The number of ether oxygens (including phenoxy) is 1. The molecular formula is C13H21N3O2. The van der Waals surface area contributed by atoms with Crippen LogP contribution < -0.4 is 15.4 Å². The zero-order valence-electron chi connectivity index (χ0n) is 11.0. The van der Waals surface area contributed by atoms with Crippen molar-refractivity contribution in [2.75, 3.05) is 30.8 Å². The van der Waals surface area contributed by atoms with Crippen molar-refractivity contribution in [3.63, 3.8) is 0 Å². The largest absolute Gasteiger partial charge is 0.476 e. The minimum Gasteiger partial charge on any atom is -0.476 e. The molecule has 1 saturated carbocycles. The van der Waals surface area contributed by atoms with Crippen molar-refractivity contribution in [1.82, 2.24) is 4.98 Å². The average molecular weight is 251 g/mol. The van der Waals surface area contributed by atoms with Crippen LogP contribution in [0.3, 0.4) is 0 Å². The van der Waals surface area contributed by atoms with Gasteiger partial charge in [-0.25, -0.2) is 0 Å². The van der Waals surface area contributed by atoms with E-state index >= 15 is 0 Å². The van der Waals surface area contributed by atoms with E-state index in [0.29, 0.717) is 24.1 Å². The quantitative estimate of drug-likeness (QED) is 0.824. The van der Waals surface area contributed by atoms with Gasteiger partial charge in [0.05, 0.1) is 18.4 Å². The number of aliphatic hydroxyl groups is 1. The Morgan fingerprint density at radius 1 is 1.50 bits per heavy atom. The van der Waals surface area contributed by atoms with Crippen molar-refractivity contribution in [2.45, 2.75) is 25.9 Å². The first-order chi connectivity index (χ1) is 8.60. The Balaban J connectivity index is 2.00. The molecule has 1 fully saturated rings. The molecule has 0 aromatic carbocycles. The summed E-state index contributed by atoms with van der Waals surface area (Å²) in [5.41, 5.74) is 6.36. The first-order valence-electron chi connectivity index (χ1n) is 6.38. The molecule has 0 radical (unpaired) electrons. The smallest absolute Gasteiger partial charge is 0.239 e. The van der Waals surface area contributed by atoms with Gasteiger partial charge >= 0.3 is 0 Å². The highest BCUT2D eigenvalue weighted by atomic mass is 16.5. The van der Waals surface area contributed by atoms with E-state index in [-0.39, 0.29) is 6.10 Å². The Morgan fingerprint density at radius 3 is 2.83 bits per heavy atom. The molecule has 2 rings (SSSR count). The molecular weight excluding hydrogens is 230 g/mol. The number of hydrogen-bond acceptors (Lipinski definition) is 5. The van der Waals surface area contributed by atoms with Gasteiger partial charge in [0.1, 0.15) is 5.82 Å². The molecule has 1 heterocycles. The van der Waals surface area contributed by atoms with Crippen LogP contribution in [0.2, 0.25) is 0 Å². The standard InChI is InChI=1S/C13H21N3O2/c1-3-18-13-11(14)4-5-12(15-13)16(2)8-9-6-10(17)7-9/h4-5,9-10,17H,3,6-8,14H2,1-2H3. The maximum atomic E-state index is 9.28. The third-order valence-electron chi connectivity index (χ3n) is 3.29. The minimum absolute atomic E-state index is 0.109. The van der Waals surface area contributed by atoms with Crippen LogP contribution in [0.15, 0.2) is 12.1 Å². The van der Waals surface area contributed by atoms with Gasteiger partial charge < -0.3 is 20.5 Å². The molecule has 3 N–H and O–H groups in total. The van der Waals surface area contributed by atoms with Crippen molar-refractivity contribution in [2.24, 2.45) is 5.92 Å². The van der Waals surface area contributed by atoms with Crippen LogP contribution in [0.5, 0.6) is 5.88 Å².